The topological polar surface area (TPSA) is 12.0 Å². The molecule has 0 aliphatic heterocycles. The van der Waals surface area contributed by atoms with Crippen LogP contribution in [-0.2, 0) is 19.0 Å². The number of hydrogen-bond donors (Lipinski definition) is 1. The number of alkyl halides is 3. The van der Waals surface area contributed by atoms with Gasteiger partial charge in [-0.25, -0.2) is 0 Å². The van der Waals surface area contributed by atoms with Gasteiger partial charge in [-0.1, -0.05) is 0 Å². The summed E-state index contributed by atoms with van der Waals surface area (Å²) in [6.45, 7) is 0. The molecule has 1 aliphatic carbocycles. The lowest BCUT2D eigenvalue weighted by Crippen LogP contribution is -2.25. The number of halogens is 4. The molecule has 0 fully saturated rings. The van der Waals surface area contributed by atoms with E-state index in [2.05, 4.69) is 5.32 Å². The second-order valence-corrected chi connectivity index (χ2v) is 4.41. The van der Waals surface area contributed by atoms with Gasteiger partial charge in [0.1, 0.15) is 0 Å². The van der Waals surface area contributed by atoms with E-state index in [1.165, 1.54) is 16.7 Å². The van der Waals surface area contributed by atoms with Crippen molar-refractivity contribution in [2.24, 2.45) is 0 Å². The second-order valence-electron chi connectivity index (χ2n) is 3.44. The highest BCUT2D eigenvalue weighted by molar-refractivity contribution is 7.10. The van der Waals surface area contributed by atoms with Crippen molar-refractivity contribution in [1.82, 2.24) is 5.32 Å². The molecule has 0 radical (unpaired) electrons. The Morgan fingerprint density at radius 3 is 2.60 bits per heavy atom. The molecule has 0 saturated carbocycles. The maximum Gasteiger partial charge on any atom is 0.417 e. The number of nitrogens with one attached hydrogen (secondary N) is 1. The first kappa shape index (κ1) is 12.8. The molecule has 0 saturated heterocycles. The number of fused-ring (bicyclic) bond motifs is 1. The first-order chi connectivity index (χ1) is 6.52. The highest BCUT2D eigenvalue weighted by atomic mass is 35.5. The number of hydrogen-bond acceptors (Lipinski definition) is 2. The van der Waals surface area contributed by atoms with E-state index in [4.69, 9.17) is 0 Å². The van der Waals surface area contributed by atoms with Gasteiger partial charge >= 0.3 is 6.18 Å². The summed E-state index contributed by atoms with van der Waals surface area (Å²) in [7, 11) is 1.79. The van der Waals surface area contributed by atoms with E-state index in [1.807, 2.05) is 0 Å². The van der Waals surface area contributed by atoms with E-state index in [9.17, 15) is 13.2 Å². The summed E-state index contributed by atoms with van der Waals surface area (Å²) in [4.78, 5) is 0.886. The minimum Gasteiger partial charge on any atom is -0.316 e. The molecule has 1 heterocycles. The molecule has 1 atom stereocenters. The van der Waals surface area contributed by atoms with Crippen LogP contribution in [-0.4, -0.2) is 13.1 Å². The lowest BCUT2D eigenvalue weighted by Gasteiger charge is -2.08. The van der Waals surface area contributed by atoms with Crippen molar-refractivity contribution in [2.75, 3.05) is 7.05 Å². The van der Waals surface area contributed by atoms with Crippen molar-refractivity contribution in [2.45, 2.75) is 25.1 Å². The van der Waals surface area contributed by atoms with Crippen LogP contribution in [0.15, 0.2) is 5.38 Å². The fourth-order valence-corrected chi connectivity index (χ4v) is 2.97. The van der Waals surface area contributed by atoms with Crippen LogP contribution in [0, 0.1) is 0 Å². The van der Waals surface area contributed by atoms with Gasteiger partial charge < -0.3 is 5.32 Å². The molecule has 0 spiro atoms. The molecule has 1 aromatic rings. The van der Waals surface area contributed by atoms with Crippen LogP contribution in [0.2, 0.25) is 0 Å². The molecule has 1 unspecified atom stereocenters. The molecular formula is C9H11ClF3NS. The summed E-state index contributed by atoms with van der Waals surface area (Å²) in [5.41, 5.74) is 0.0668. The smallest absolute Gasteiger partial charge is 0.316 e. The fraction of sp³-hybridized carbons (Fsp3) is 0.556. The van der Waals surface area contributed by atoms with E-state index in [1.54, 1.807) is 7.05 Å². The summed E-state index contributed by atoms with van der Waals surface area (Å²) in [6, 6.07) is 0.179. The molecule has 15 heavy (non-hydrogen) atoms. The summed E-state index contributed by atoms with van der Waals surface area (Å²) in [5, 5.41) is 4.25. The minimum atomic E-state index is -4.19. The maximum absolute atomic E-state index is 12.5. The van der Waals surface area contributed by atoms with Gasteiger partial charge in [0.25, 0.3) is 0 Å². The Balaban J connectivity index is 0.00000112. The largest absolute Gasteiger partial charge is 0.417 e. The van der Waals surface area contributed by atoms with Crippen molar-refractivity contribution in [3.63, 3.8) is 0 Å². The lowest BCUT2D eigenvalue weighted by atomic mass is 10.1. The summed E-state index contributed by atoms with van der Waals surface area (Å²) in [5.74, 6) is 0. The Hall–Kier alpha value is -0.260. The Morgan fingerprint density at radius 1 is 1.40 bits per heavy atom. The van der Waals surface area contributed by atoms with Crippen LogP contribution < -0.4 is 5.32 Å². The molecule has 86 valence electrons. The normalized spacial score (nSPS) is 19.9. The number of rotatable bonds is 1. The van der Waals surface area contributed by atoms with Crippen molar-refractivity contribution >= 4 is 23.7 Å². The Bertz CT molecular complexity index is 348. The zero-order valence-electron chi connectivity index (χ0n) is 8.02. The van der Waals surface area contributed by atoms with E-state index < -0.39 is 11.7 Å². The van der Waals surface area contributed by atoms with Gasteiger partial charge in [0.05, 0.1) is 5.56 Å². The Kier molecular flexibility index (Phi) is 3.68. The highest BCUT2D eigenvalue weighted by Crippen LogP contribution is 2.40. The molecule has 0 amide bonds. The molecule has 1 aliphatic rings. The van der Waals surface area contributed by atoms with Crippen molar-refractivity contribution in [3.05, 3.63) is 21.4 Å². The third kappa shape index (κ3) is 2.29. The molecule has 1 N–H and O–H groups in total. The standard InChI is InChI=1S/C9H10F3NS.ClH/c1-13-5-2-6-7(9(10,11)12)4-14-8(6)3-5;/h4-5,13H,2-3H2,1H3;1H. The summed E-state index contributed by atoms with van der Waals surface area (Å²) in [6.07, 6.45) is -2.95. The summed E-state index contributed by atoms with van der Waals surface area (Å²) < 4.78 is 37.5. The van der Waals surface area contributed by atoms with Crippen LogP contribution >= 0.6 is 23.7 Å². The quantitative estimate of drug-likeness (QED) is 0.816. The molecule has 1 aromatic heterocycles. The van der Waals surface area contributed by atoms with Gasteiger partial charge in [-0.05, 0) is 25.5 Å². The van der Waals surface area contributed by atoms with Crippen LogP contribution in [0.4, 0.5) is 13.2 Å². The zero-order valence-corrected chi connectivity index (χ0v) is 9.65. The monoisotopic (exact) mass is 257 g/mol. The van der Waals surface area contributed by atoms with Crippen molar-refractivity contribution < 1.29 is 13.2 Å². The van der Waals surface area contributed by atoms with Crippen LogP contribution in [0.25, 0.3) is 0 Å². The van der Waals surface area contributed by atoms with Gasteiger partial charge in [-0.2, -0.15) is 13.2 Å². The third-order valence-corrected chi connectivity index (χ3v) is 3.63. The Labute approximate surface area is 96.1 Å². The number of likely N-dealkylation sites (N-methyl/N-ethyl adjacent to an activating group) is 1. The summed E-state index contributed by atoms with van der Waals surface area (Å²) >= 11 is 1.22. The molecule has 0 bridgehead atoms. The van der Waals surface area contributed by atoms with Gasteiger partial charge in [0.15, 0.2) is 0 Å². The van der Waals surface area contributed by atoms with E-state index in [0.29, 0.717) is 12.0 Å². The molecule has 2 rings (SSSR count). The van der Waals surface area contributed by atoms with Crippen molar-refractivity contribution in [1.29, 1.82) is 0 Å². The van der Waals surface area contributed by atoms with Gasteiger partial charge in [0.2, 0.25) is 0 Å². The van der Waals surface area contributed by atoms with Crippen LogP contribution in [0.5, 0.6) is 0 Å². The SMILES string of the molecule is CNC1Cc2scc(C(F)(F)F)c2C1.Cl. The first-order valence-corrected chi connectivity index (χ1v) is 5.24. The van der Waals surface area contributed by atoms with E-state index >= 15 is 0 Å². The molecular weight excluding hydrogens is 247 g/mol. The Morgan fingerprint density at radius 2 is 2.07 bits per heavy atom. The lowest BCUT2D eigenvalue weighted by molar-refractivity contribution is -0.137. The zero-order chi connectivity index (χ0) is 10.3. The second kappa shape index (κ2) is 4.31. The highest BCUT2D eigenvalue weighted by Gasteiger charge is 2.38. The van der Waals surface area contributed by atoms with E-state index in [-0.39, 0.29) is 18.4 Å². The average molecular weight is 258 g/mol. The third-order valence-electron chi connectivity index (χ3n) is 2.58. The first-order valence-electron chi connectivity index (χ1n) is 4.36. The minimum absolute atomic E-state index is 0. The van der Waals surface area contributed by atoms with Gasteiger partial charge in [-0.15, -0.1) is 23.7 Å². The molecule has 6 heteroatoms. The average Bonchev–Trinajstić information content (AvgIpc) is 2.57. The molecule has 1 nitrogen and oxygen atoms in total. The van der Waals surface area contributed by atoms with Gasteiger partial charge in [-0.3, -0.25) is 0 Å². The number of thiophene rings is 1. The predicted molar refractivity (Wildman–Crippen MR) is 56.8 cm³/mol. The molecule has 0 aromatic carbocycles. The van der Waals surface area contributed by atoms with Crippen molar-refractivity contribution in [3.8, 4) is 0 Å². The predicted octanol–water partition coefficient (Wildman–Crippen LogP) is 2.88. The fourth-order valence-electron chi connectivity index (χ4n) is 1.80. The van der Waals surface area contributed by atoms with Crippen LogP contribution in [0.1, 0.15) is 16.0 Å². The van der Waals surface area contributed by atoms with Gasteiger partial charge in [0, 0.05) is 16.3 Å². The van der Waals surface area contributed by atoms with E-state index in [0.717, 1.165) is 11.3 Å². The van der Waals surface area contributed by atoms with Crippen LogP contribution in [0.3, 0.4) is 0 Å². The maximum atomic E-state index is 12.5.